The molecule has 4 fully saturated rings. The maximum atomic E-state index is 13.9. The van der Waals surface area contributed by atoms with E-state index in [1.54, 1.807) is 56.0 Å². The molecule has 0 saturated carbocycles. The summed E-state index contributed by atoms with van der Waals surface area (Å²) in [5.41, 5.74) is 7.91. The Hall–Kier alpha value is -9.55. The van der Waals surface area contributed by atoms with Gasteiger partial charge in [-0.25, -0.2) is 39.3 Å². The molecule has 0 spiro atoms. The van der Waals surface area contributed by atoms with Gasteiger partial charge in [0.1, 0.15) is 52.1 Å². The zero-order chi connectivity index (χ0) is 76.5. The number of pyridine rings is 6. The van der Waals surface area contributed by atoms with E-state index in [0.29, 0.717) is 59.4 Å². The fourth-order valence-electron chi connectivity index (χ4n) is 11.9. The van der Waals surface area contributed by atoms with Crippen molar-refractivity contribution >= 4 is 67.9 Å². The van der Waals surface area contributed by atoms with Crippen molar-refractivity contribution in [2.45, 2.75) is 87.2 Å². The molecule has 0 atom stereocenters. The number of aromatic nitrogens is 12. The highest BCUT2D eigenvalue weighted by atomic mass is 79.9. The number of ether oxygens (including phenoxy) is 1. The highest BCUT2D eigenvalue weighted by Gasteiger charge is 2.36. The minimum atomic E-state index is -4.62. The molecular weight excluding hydrogens is 1460 g/mol. The first kappa shape index (κ1) is 84.7. The molecular formula is C78H97BrClF4N19O4. The summed E-state index contributed by atoms with van der Waals surface area (Å²) in [6, 6.07) is 39.3. The molecule has 107 heavy (non-hydrogen) atoms. The number of hydrogen-bond donors (Lipinski definition) is 4. The van der Waals surface area contributed by atoms with Gasteiger partial charge in [0.25, 0.3) is 0 Å². The number of anilines is 3. The number of aromatic hydroxyl groups is 1. The number of phenolic OH excluding ortho intramolecular Hbond substituents is 1. The number of halogens is 6. The van der Waals surface area contributed by atoms with E-state index in [-0.39, 0.29) is 53.2 Å². The van der Waals surface area contributed by atoms with Gasteiger partial charge in [0.15, 0.2) is 11.4 Å². The molecule has 23 nitrogen and oxygen atoms in total. The molecule has 0 radical (unpaired) electrons. The maximum absolute atomic E-state index is 13.9. The molecule has 0 aliphatic carbocycles. The minimum absolute atomic E-state index is 0. The second kappa shape index (κ2) is 41.5. The Morgan fingerprint density at radius 1 is 0.561 bits per heavy atom. The van der Waals surface area contributed by atoms with Gasteiger partial charge in [-0.15, -0.1) is 22.6 Å². The maximum Gasteiger partial charge on any atom is 0.419 e. The van der Waals surface area contributed by atoms with E-state index in [4.69, 9.17) is 14.9 Å². The molecule has 14 rings (SSSR count). The second-order valence-corrected chi connectivity index (χ2v) is 27.2. The van der Waals surface area contributed by atoms with Gasteiger partial charge in [0.2, 0.25) is 5.95 Å². The number of aliphatic hydroxyl groups is 2. The summed E-state index contributed by atoms with van der Waals surface area (Å²) < 4.78 is 62.4. The molecule has 2 aromatic carbocycles. The molecule has 4 N–H and O–H groups in total. The van der Waals surface area contributed by atoms with Gasteiger partial charge in [-0.1, -0.05) is 71.4 Å². The van der Waals surface area contributed by atoms with Gasteiger partial charge in [-0.05, 0) is 219 Å². The smallest absolute Gasteiger partial charge is 0.419 e. The van der Waals surface area contributed by atoms with Crippen molar-refractivity contribution in [2.24, 2.45) is 37.8 Å². The molecule has 8 aromatic heterocycles. The molecule has 0 unspecified atom stereocenters. The van der Waals surface area contributed by atoms with Crippen molar-refractivity contribution < 1.29 is 37.6 Å². The Morgan fingerprint density at radius 3 is 1.34 bits per heavy atom. The lowest BCUT2D eigenvalue weighted by molar-refractivity contribution is -0.138. The molecule has 4 aliphatic heterocycles. The highest BCUT2D eigenvalue weighted by molar-refractivity contribution is 9.09. The largest absolute Gasteiger partial charge is 0.508 e. The van der Waals surface area contributed by atoms with Crippen LogP contribution in [-0.2, 0) is 20.3 Å². The predicted octanol–water partition coefficient (Wildman–Crippen LogP) is 13.2. The van der Waals surface area contributed by atoms with Crippen molar-refractivity contribution in [1.29, 1.82) is 10.5 Å². The molecule has 0 bridgehead atoms. The fraction of sp³-hybridized carbons (Fsp3) is 0.436. The average Bonchev–Trinajstić information content (AvgIpc) is 1.73. The summed E-state index contributed by atoms with van der Waals surface area (Å²) in [4.78, 5) is 34.6. The van der Waals surface area contributed by atoms with E-state index >= 15 is 0 Å². The van der Waals surface area contributed by atoms with Crippen LogP contribution in [0.4, 0.5) is 35.0 Å². The van der Waals surface area contributed by atoms with Gasteiger partial charge >= 0.3 is 6.18 Å². The van der Waals surface area contributed by atoms with Crippen molar-refractivity contribution in [2.75, 3.05) is 112 Å². The lowest BCUT2D eigenvalue weighted by Crippen LogP contribution is -2.47. The monoisotopic (exact) mass is 1550 g/mol. The first-order valence-corrected chi connectivity index (χ1v) is 36.8. The van der Waals surface area contributed by atoms with Crippen LogP contribution in [0, 0.1) is 86.9 Å². The number of nitrogens with one attached hydrogen (secondary N) is 1. The number of benzene rings is 2. The fourth-order valence-corrected chi connectivity index (χ4v) is 12.5. The summed E-state index contributed by atoms with van der Waals surface area (Å²) in [5, 5.41) is 65.2. The van der Waals surface area contributed by atoms with Gasteiger partial charge in [-0.2, -0.15) is 28.1 Å². The van der Waals surface area contributed by atoms with Gasteiger partial charge < -0.3 is 45.0 Å². The molecule has 12 heterocycles. The van der Waals surface area contributed by atoms with E-state index in [2.05, 4.69) is 124 Å². The number of aliphatic hydroxyl groups excluding tert-OH is 2. The Kier molecular flexibility index (Phi) is 32.9. The number of nitrogens with zero attached hydrogens (tertiary/aromatic N) is 18. The zero-order valence-corrected chi connectivity index (χ0v) is 64.8. The van der Waals surface area contributed by atoms with Gasteiger partial charge in [0.05, 0.1) is 34.6 Å². The van der Waals surface area contributed by atoms with Crippen LogP contribution in [0.3, 0.4) is 0 Å². The summed E-state index contributed by atoms with van der Waals surface area (Å²) in [6.07, 6.45) is -0.804. The van der Waals surface area contributed by atoms with Crippen LogP contribution in [0.25, 0.3) is 44.6 Å². The van der Waals surface area contributed by atoms with E-state index in [1.807, 2.05) is 94.4 Å². The van der Waals surface area contributed by atoms with Crippen LogP contribution in [0.5, 0.6) is 11.5 Å². The number of fused-ring (bicyclic) bond motifs is 2. The number of nitriles is 2. The highest BCUT2D eigenvalue weighted by Crippen LogP contribution is 2.40. The number of alkyl halides is 4. The van der Waals surface area contributed by atoms with Crippen LogP contribution in [0.1, 0.15) is 91.7 Å². The summed E-state index contributed by atoms with van der Waals surface area (Å²) in [5.74, 6) is 5.32. The van der Waals surface area contributed by atoms with Crippen molar-refractivity contribution in [3.63, 3.8) is 0 Å². The van der Waals surface area contributed by atoms with Crippen LogP contribution >= 0.6 is 28.3 Å². The Labute approximate surface area is 638 Å². The van der Waals surface area contributed by atoms with Crippen molar-refractivity contribution in [3.05, 3.63) is 173 Å². The number of phenols is 1. The third kappa shape index (κ3) is 24.5. The van der Waals surface area contributed by atoms with Crippen molar-refractivity contribution in [3.8, 4) is 46.2 Å². The SMILES string of the molecule is CCN(CC)CC.Cc1cc(-c2cc3c(nnn3C)c(C#N)n2)ccc1O.Cc1cccc(F)n1.Cc1cccc(N2CC(CCBr)C2)n1.Cc1cccc(N2CC(CCO)C2)n1.Cc1cccc(N2CC(CCOc3ccc(-c4cc5c(nnn5C)c(C#N)n4)cc3C(F)(F)F)C2)n1.Cl.OCCC1CNC1. The third-order valence-corrected chi connectivity index (χ3v) is 18.8. The Morgan fingerprint density at radius 2 is 0.981 bits per heavy atom. The molecule has 10 aromatic rings. The van der Waals surface area contributed by atoms with E-state index in [1.165, 1.54) is 62.0 Å². The quantitative estimate of drug-likeness (QED) is 0.0353. The van der Waals surface area contributed by atoms with E-state index in [0.717, 1.165) is 127 Å². The summed E-state index contributed by atoms with van der Waals surface area (Å²) in [7, 11) is 3.40. The lowest BCUT2D eigenvalue weighted by Gasteiger charge is -2.40. The van der Waals surface area contributed by atoms with Gasteiger partial charge in [-0.3, -0.25) is 0 Å². The first-order valence-electron chi connectivity index (χ1n) is 35.7. The van der Waals surface area contributed by atoms with Crippen LogP contribution in [-0.4, -0.2) is 177 Å². The lowest BCUT2D eigenvalue weighted by atomic mass is 9.97. The normalized spacial score (nSPS) is 13.9. The van der Waals surface area contributed by atoms with E-state index in [9.17, 15) is 33.2 Å². The van der Waals surface area contributed by atoms with Crippen LogP contribution in [0.15, 0.2) is 121 Å². The second-order valence-electron chi connectivity index (χ2n) is 26.4. The topological polar surface area (TPSA) is 281 Å². The predicted molar refractivity (Wildman–Crippen MR) is 416 cm³/mol. The molecule has 4 saturated heterocycles. The number of hydrogen-bond acceptors (Lipinski definition) is 21. The van der Waals surface area contributed by atoms with E-state index < -0.39 is 17.7 Å². The first-order chi connectivity index (χ1) is 51.0. The average molecular weight is 1560 g/mol. The Balaban J connectivity index is 0.000000191. The molecule has 29 heteroatoms. The van der Waals surface area contributed by atoms with Crippen LogP contribution < -0.4 is 24.8 Å². The number of aryl methyl sites for hydroxylation is 7. The molecule has 0 amide bonds. The molecule has 4 aliphatic rings. The van der Waals surface area contributed by atoms with Crippen molar-refractivity contribution in [1.82, 2.24) is 70.1 Å². The van der Waals surface area contributed by atoms with Gasteiger partial charge in [0, 0.05) is 106 Å². The summed E-state index contributed by atoms with van der Waals surface area (Å²) in [6.45, 7) is 28.7. The number of rotatable bonds is 18. The molecule has 570 valence electrons. The summed E-state index contributed by atoms with van der Waals surface area (Å²) >= 11 is 3.48. The minimum Gasteiger partial charge on any atom is -0.508 e. The van der Waals surface area contributed by atoms with Crippen LogP contribution in [0.2, 0.25) is 0 Å². The Bertz CT molecular complexity index is 4440. The standard InChI is InChI=1S/C25H22F3N7O.C14H11N5O.C11H15BrN2.C11H16N2O.C6H6FN.C6H15N.C5H11NO.ClH/c1-15-4-3-5-23(30-15)35-13-16(14-35)8-9-36-22-7-6-17(10-18(22)25(26,27)28)19-11-21-24(20(12-29)31-19)32-33-34(21)2;1-8-5-9(3-4-13(8)20)10-6-12-14(11(7-15)16-10)17-18-19(12)2;1-9-3-2-4-11(13-9)14-7-10(8-14)5-6-12;1-9-3-2-4-11(12-9)13-7-10(8-13)5-6-14;1-5-3-2-4-6(7)8-5;1-4-7(5-2)6-3;7-2-1-5-3-6-4-5;/h3-7,10-11,16H,8-9,13-14H2,1-2H3;3-6,20H,1-2H3;2-4,10H,5-8H2,1H3;2-4,10,14H,5-8H2,1H3;2-4H,1H3;4-6H2,1-3H3;5-7H,1-4H2;1H. The third-order valence-electron chi connectivity index (χ3n) is 18.4. The zero-order valence-electron chi connectivity index (χ0n) is 62.4.